The van der Waals surface area contributed by atoms with Gasteiger partial charge in [-0.3, -0.25) is 9.59 Å². The summed E-state index contributed by atoms with van der Waals surface area (Å²) < 4.78 is 26.3. The summed E-state index contributed by atoms with van der Waals surface area (Å²) >= 11 is 1.43. The third kappa shape index (κ3) is 4.05. The Bertz CT molecular complexity index is 987. The fourth-order valence-electron chi connectivity index (χ4n) is 2.83. The first kappa shape index (κ1) is 20.4. The Morgan fingerprint density at radius 2 is 2.00 bits per heavy atom. The number of aryl methyl sites for hydroxylation is 1. The fourth-order valence-corrected chi connectivity index (χ4v) is 5.17. The van der Waals surface area contributed by atoms with Gasteiger partial charge < -0.3 is 16.4 Å². The van der Waals surface area contributed by atoms with Crippen LogP contribution in [0.4, 0.5) is 0 Å². The van der Waals surface area contributed by atoms with Gasteiger partial charge in [-0.05, 0) is 19.1 Å². The third-order valence-electron chi connectivity index (χ3n) is 4.45. The maximum absolute atomic E-state index is 12.7. The van der Waals surface area contributed by atoms with Crippen LogP contribution in [0, 0.1) is 6.92 Å². The molecule has 2 aromatic rings. The summed E-state index contributed by atoms with van der Waals surface area (Å²) in [7, 11) is -3.77. The smallest absolute Gasteiger partial charge is 0.268 e. The van der Waals surface area contributed by atoms with Crippen molar-refractivity contribution in [1.82, 2.24) is 13.9 Å². The Kier molecular flexibility index (Phi) is 5.77. The zero-order valence-electron chi connectivity index (χ0n) is 15.2. The van der Waals surface area contributed by atoms with E-state index in [0.29, 0.717) is 17.3 Å². The summed E-state index contributed by atoms with van der Waals surface area (Å²) in [5.41, 5.74) is 12.6. The van der Waals surface area contributed by atoms with Gasteiger partial charge in [-0.2, -0.15) is 0 Å². The minimum Gasteiger partial charge on any atom is -0.368 e. The summed E-state index contributed by atoms with van der Waals surface area (Å²) in [6, 6.07) is 4.84. The first-order chi connectivity index (χ1) is 13.2. The van der Waals surface area contributed by atoms with E-state index in [1.54, 1.807) is 12.1 Å². The first-order valence-corrected chi connectivity index (χ1v) is 11.1. The molecule has 4 N–H and O–H groups in total. The highest BCUT2D eigenvalue weighted by atomic mass is 32.2. The highest BCUT2D eigenvalue weighted by molar-refractivity contribution is 7.99. The molecule has 1 aromatic carbocycles. The van der Waals surface area contributed by atoms with Crippen molar-refractivity contribution in [3.05, 3.63) is 48.0 Å². The number of hydrogen-bond donors (Lipinski definition) is 2. The van der Waals surface area contributed by atoms with Gasteiger partial charge in [0.1, 0.15) is 12.4 Å². The first-order valence-electron chi connectivity index (χ1n) is 8.48. The summed E-state index contributed by atoms with van der Waals surface area (Å²) in [4.78, 5) is 29.6. The number of aromatic nitrogens is 2. The van der Waals surface area contributed by atoms with Crippen molar-refractivity contribution in [1.29, 1.82) is 0 Å². The van der Waals surface area contributed by atoms with Gasteiger partial charge in [-0.1, -0.05) is 17.7 Å². The molecule has 3 rings (SSSR count). The zero-order valence-corrected chi connectivity index (χ0v) is 16.8. The Balaban J connectivity index is 1.73. The van der Waals surface area contributed by atoms with Gasteiger partial charge in [0.25, 0.3) is 10.0 Å². The maximum atomic E-state index is 12.7. The molecule has 1 saturated heterocycles. The predicted molar refractivity (Wildman–Crippen MR) is 105 cm³/mol. The van der Waals surface area contributed by atoms with E-state index in [2.05, 4.69) is 4.98 Å². The molecule has 0 bridgehead atoms. The molecule has 1 fully saturated rings. The number of carbonyl (C=O) groups is 2. The van der Waals surface area contributed by atoms with Crippen LogP contribution in [-0.2, 0) is 26.0 Å². The van der Waals surface area contributed by atoms with E-state index in [1.807, 2.05) is 6.92 Å². The van der Waals surface area contributed by atoms with Crippen LogP contribution in [0.2, 0.25) is 0 Å². The van der Waals surface area contributed by atoms with Gasteiger partial charge in [0.15, 0.2) is 0 Å². The fraction of sp³-hybridized carbons (Fsp3) is 0.353. The lowest BCUT2D eigenvalue weighted by atomic mass is 10.1. The van der Waals surface area contributed by atoms with Crippen LogP contribution in [0.1, 0.15) is 11.3 Å². The minimum absolute atomic E-state index is 0.0436. The minimum atomic E-state index is -3.77. The van der Waals surface area contributed by atoms with Crippen molar-refractivity contribution >= 4 is 33.6 Å². The van der Waals surface area contributed by atoms with Crippen molar-refractivity contribution < 1.29 is 18.0 Å². The molecule has 0 saturated carbocycles. The van der Waals surface area contributed by atoms with E-state index >= 15 is 0 Å². The molecule has 0 aliphatic carbocycles. The number of carbonyl (C=O) groups excluding carboxylic acids is 2. The quantitative estimate of drug-likeness (QED) is 0.649. The van der Waals surface area contributed by atoms with Crippen molar-refractivity contribution in [3.63, 3.8) is 0 Å². The normalized spacial score (nSPS) is 18.2. The molecule has 0 radical (unpaired) electrons. The molecule has 1 aromatic heterocycles. The summed E-state index contributed by atoms with van der Waals surface area (Å²) in [5.74, 6) is -0.197. The number of rotatable bonds is 6. The highest BCUT2D eigenvalue weighted by Gasteiger charge is 2.35. The number of amides is 2. The van der Waals surface area contributed by atoms with Gasteiger partial charge in [-0.15, -0.1) is 11.8 Å². The average molecular weight is 424 g/mol. The maximum Gasteiger partial charge on any atom is 0.268 e. The highest BCUT2D eigenvalue weighted by Crippen LogP contribution is 2.22. The van der Waals surface area contributed by atoms with E-state index in [0.717, 1.165) is 9.54 Å². The summed E-state index contributed by atoms with van der Waals surface area (Å²) in [5, 5.41) is 0. The van der Waals surface area contributed by atoms with Gasteiger partial charge in [-0.25, -0.2) is 17.4 Å². The van der Waals surface area contributed by atoms with Crippen LogP contribution in [0.3, 0.4) is 0 Å². The Hall–Kier alpha value is -2.37. The number of nitrogens with zero attached hydrogens (tertiary/aromatic N) is 3. The van der Waals surface area contributed by atoms with Crippen molar-refractivity contribution in [2.24, 2.45) is 11.5 Å². The standard InChI is InChI=1S/C17H21N5O4S2/c1-11-2-4-13(5-3-11)28(25,26)21-7-12(20-9-21)6-14(18)17(24)22-10-27-8-15(22)16(19)23/h2-5,7,9,14-15H,6,8,10,18H2,1H3,(H2,19,23)/t14-,15?/m0/s1. The van der Waals surface area contributed by atoms with Crippen molar-refractivity contribution in [2.45, 2.75) is 30.3 Å². The number of nitrogens with two attached hydrogens (primary N) is 2. The van der Waals surface area contributed by atoms with Crippen LogP contribution >= 0.6 is 11.8 Å². The molecule has 11 heteroatoms. The van der Waals surface area contributed by atoms with Crippen molar-refractivity contribution in [3.8, 4) is 0 Å². The lowest BCUT2D eigenvalue weighted by molar-refractivity contribution is -0.137. The van der Waals surface area contributed by atoms with Gasteiger partial charge in [0.2, 0.25) is 11.8 Å². The molecular formula is C17H21N5O4S2. The number of benzene rings is 1. The SMILES string of the molecule is Cc1ccc(S(=O)(=O)n2cnc(C[C@H](N)C(=O)N3CSCC3C(N)=O)c2)cc1. The zero-order chi connectivity index (χ0) is 20.5. The second-order valence-electron chi connectivity index (χ2n) is 6.55. The molecule has 9 nitrogen and oxygen atoms in total. The largest absolute Gasteiger partial charge is 0.368 e. The monoisotopic (exact) mass is 423 g/mol. The van der Waals surface area contributed by atoms with E-state index in [4.69, 9.17) is 11.5 Å². The average Bonchev–Trinajstić information content (AvgIpc) is 3.31. The number of thioether (sulfide) groups is 1. The molecule has 1 aliphatic heterocycles. The Morgan fingerprint density at radius 1 is 1.32 bits per heavy atom. The number of imidazole rings is 1. The number of primary amides is 1. The van der Waals surface area contributed by atoms with E-state index in [-0.39, 0.29) is 11.3 Å². The van der Waals surface area contributed by atoms with E-state index in [9.17, 15) is 18.0 Å². The molecule has 28 heavy (non-hydrogen) atoms. The molecule has 2 amide bonds. The lowest BCUT2D eigenvalue weighted by Crippen LogP contribution is -2.51. The molecule has 2 heterocycles. The van der Waals surface area contributed by atoms with Crippen LogP contribution < -0.4 is 11.5 Å². The van der Waals surface area contributed by atoms with Crippen LogP contribution in [0.15, 0.2) is 41.7 Å². The lowest BCUT2D eigenvalue weighted by Gasteiger charge is -2.24. The van der Waals surface area contributed by atoms with Crippen LogP contribution in [-0.4, -0.2) is 57.8 Å². The van der Waals surface area contributed by atoms with Gasteiger partial charge in [0, 0.05) is 18.4 Å². The number of hydrogen-bond acceptors (Lipinski definition) is 7. The topological polar surface area (TPSA) is 141 Å². The molecule has 0 spiro atoms. The molecule has 1 unspecified atom stereocenters. The molecule has 2 atom stereocenters. The second kappa shape index (κ2) is 7.94. The summed E-state index contributed by atoms with van der Waals surface area (Å²) in [6.45, 7) is 1.87. The molecule has 150 valence electrons. The Morgan fingerprint density at radius 3 is 2.64 bits per heavy atom. The predicted octanol–water partition coefficient (Wildman–Crippen LogP) is -0.315. The Labute approximate surface area is 167 Å². The third-order valence-corrected chi connectivity index (χ3v) is 7.08. The van der Waals surface area contributed by atoms with Crippen LogP contribution in [0.25, 0.3) is 0 Å². The van der Waals surface area contributed by atoms with Crippen molar-refractivity contribution in [2.75, 3.05) is 11.6 Å². The molecular weight excluding hydrogens is 402 g/mol. The summed E-state index contributed by atoms with van der Waals surface area (Å²) in [6.07, 6.45) is 2.56. The second-order valence-corrected chi connectivity index (χ2v) is 9.39. The van der Waals surface area contributed by atoms with E-state index < -0.39 is 33.9 Å². The van der Waals surface area contributed by atoms with Gasteiger partial charge in [0.05, 0.1) is 22.5 Å². The van der Waals surface area contributed by atoms with Crippen LogP contribution in [0.5, 0.6) is 0 Å². The van der Waals surface area contributed by atoms with Gasteiger partial charge >= 0.3 is 0 Å². The van der Waals surface area contributed by atoms with E-state index in [1.165, 1.54) is 41.3 Å². The molecule has 1 aliphatic rings.